The molecule has 1 aromatic rings. The molecule has 3 aliphatic heterocycles. The van der Waals surface area contributed by atoms with Crippen molar-refractivity contribution in [3.63, 3.8) is 0 Å². The Labute approximate surface area is 207 Å². The van der Waals surface area contributed by atoms with Crippen LogP contribution in [-0.2, 0) is 19.1 Å². The van der Waals surface area contributed by atoms with Crippen LogP contribution < -0.4 is 0 Å². The van der Waals surface area contributed by atoms with E-state index in [-0.39, 0.29) is 60.0 Å². The molecule has 3 saturated heterocycles. The van der Waals surface area contributed by atoms with Crippen LogP contribution in [0.3, 0.4) is 0 Å². The van der Waals surface area contributed by atoms with Crippen molar-refractivity contribution in [1.82, 2.24) is 4.90 Å². The van der Waals surface area contributed by atoms with Crippen molar-refractivity contribution in [2.24, 2.45) is 0 Å². The molecule has 0 aliphatic carbocycles. The lowest BCUT2D eigenvalue weighted by Crippen LogP contribution is -2.52. The average molecular weight is 524 g/mol. The largest absolute Gasteiger partial charge is 0.462 e. The highest BCUT2D eigenvalue weighted by Gasteiger charge is 2.64. The Kier molecular flexibility index (Phi) is 9.92. The third-order valence-corrected chi connectivity index (χ3v) is 7.30. The second-order valence-electron chi connectivity index (χ2n) is 9.60. The van der Waals surface area contributed by atoms with E-state index in [0.717, 1.165) is 18.4 Å². The van der Waals surface area contributed by atoms with Crippen molar-refractivity contribution < 1.29 is 24.2 Å². The summed E-state index contributed by atoms with van der Waals surface area (Å²) in [5.41, 5.74) is 0.770. The summed E-state index contributed by atoms with van der Waals surface area (Å²) >= 11 is 0. The van der Waals surface area contributed by atoms with Gasteiger partial charge in [0.25, 0.3) is 0 Å². The Morgan fingerprint density at radius 2 is 1.70 bits per heavy atom. The summed E-state index contributed by atoms with van der Waals surface area (Å²) in [5, 5.41) is 9.75. The zero-order chi connectivity index (χ0) is 22.5. The number of piperidine rings is 1. The molecule has 4 rings (SSSR count). The second kappa shape index (κ2) is 12.4. The summed E-state index contributed by atoms with van der Waals surface area (Å²) in [4.78, 5) is 27.7. The maximum atomic E-state index is 12.8. The smallest absolute Gasteiger partial charge is 0.316 e. The highest BCUT2D eigenvalue weighted by molar-refractivity contribution is 8.93. The Morgan fingerprint density at radius 3 is 2.33 bits per heavy atom. The third-order valence-electron chi connectivity index (χ3n) is 7.30. The van der Waals surface area contributed by atoms with Gasteiger partial charge < -0.3 is 14.6 Å². The summed E-state index contributed by atoms with van der Waals surface area (Å²) in [6, 6.07) is 9.58. The summed E-state index contributed by atoms with van der Waals surface area (Å²) in [5.74, 6) is -0.710. The molecule has 1 aromatic carbocycles. The number of halogens is 1. The van der Waals surface area contributed by atoms with Crippen molar-refractivity contribution in [2.45, 2.75) is 101 Å². The number of rotatable bonds is 13. The van der Waals surface area contributed by atoms with Crippen molar-refractivity contribution in [2.75, 3.05) is 13.2 Å². The number of hydrogen-bond acceptors (Lipinski definition) is 6. The molecule has 184 valence electrons. The van der Waals surface area contributed by atoms with Gasteiger partial charge in [-0.3, -0.25) is 14.5 Å². The number of ether oxygens (including phenoxy) is 2. The number of hydrogen-bond donors (Lipinski definition) is 1. The molecular formula is C26H38BrNO5. The van der Waals surface area contributed by atoms with Gasteiger partial charge in [0, 0.05) is 31.3 Å². The van der Waals surface area contributed by atoms with Gasteiger partial charge in [0.1, 0.15) is 30.0 Å². The number of aliphatic hydroxyl groups excluding tert-OH is 1. The molecule has 3 fully saturated rings. The Hall–Kier alpha value is -1.28. The van der Waals surface area contributed by atoms with E-state index in [4.69, 9.17) is 9.47 Å². The topological polar surface area (TPSA) is 79.4 Å². The normalized spacial score (nSPS) is 28.5. The molecule has 0 aromatic heterocycles. The quantitative estimate of drug-likeness (QED) is 0.237. The summed E-state index contributed by atoms with van der Waals surface area (Å²) < 4.78 is 11.7. The molecule has 33 heavy (non-hydrogen) atoms. The number of nitrogens with zero attached hydrogens (tertiary/aromatic N) is 1. The lowest BCUT2D eigenvalue weighted by atomic mass is 9.96. The molecular weight excluding hydrogens is 486 g/mol. The zero-order valence-corrected chi connectivity index (χ0v) is 21.3. The number of fused-ring (bicyclic) bond motifs is 5. The summed E-state index contributed by atoms with van der Waals surface area (Å²) in [7, 11) is 0. The Morgan fingerprint density at radius 1 is 1.06 bits per heavy atom. The first kappa shape index (κ1) is 26.3. The minimum absolute atomic E-state index is 0. The van der Waals surface area contributed by atoms with Gasteiger partial charge in [-0.2, -0.15) is 0 Å². The Bertz CT molecular complexity index is 757. The van der Waals surface area contributed by atoms with E-state index in [9.17, 15) is 14.7 Å². The number of esters is 1. The molecule has 0 amide bonds. The molecule has 5 atom stereocenters. The van der Waals surface area contributed by atoms with E-state index in [0.29, 0.717) is 31.6 Å². The minimum atomic E-state index is -0.656. The standard InChI is InChI=1S/C26H37NO5.BrH/c1-2-3-4-5-6-10-13-19(29)16-27-22-14-20(15-23(27)25-24(22)32-25)31-26(30)21(17-28)18-11-8-7-9-12-18;/h7-9,11-12,20-25,28H,2-6,10,13-17H2,1H3;1H. The third kappa shape index (κ3) is 6.44. The molecule has 6 nitrogen and oxygen atoms in total. The molecule has 0 spiro atoms. The molecule has 3 heterocycles. The van der Waals surface area contributed by atoms with Gasteiger partial charge in [0.2, 0.25) is 0 Å². The number of Topliss-reactive ketones (excluding diaryl/α,β-unsaturated/α-hetero) is 1. The van der Waals surface area contributed by atoms with Crippen molar-refractivity contribution in [1.29, 1.82) is 0 Å². The van der Waals surface area contributed by atoms with Gasteiger partial charge in [0.05, 0.1) is 13.2 Å². The van der Waals surface area contributed by atoms with Gasteiger partial charge in [0.15, 0.2) is 0 Å². The van der Waals surface area contributed by atoms with Crippen LogP contribution in [0.5, 0.6) is 0 Å². The number of morpholine rings is 1. The predicted molar refractivity (Wildman–Crippen MR) is 132 cm³/mol. The van der Waals surface area contributed by atoms with E-state index in [1.54, 1.807) is 0 Å². The zero-order valence-electron chi connectivity index (χ0n) is 19.6. The van der Waals surface area contributed by atoms with Crippen LogP contribution in [0.1, 0.15) is 76.2 Å². The number of carbonyl (C=O) groups excluding carboxylic acids is 2. The maximum Gasteiger partial charge on any atom is 0.316 e. The average Bonchev–Trinajstić information content (AvgIpc) is 3.55. The van der Waals surface area contributed by atoms with Gasteiger partial charge in [-0.1, -0.05) is 69.4 Å². The number of aliphatic hydroxyl groups is 1. The monoisotopic (exact) mass is 523 g/mol. The van der Waals surface area contributed by atoms with E-state index in [1.165, 1.54) is 25.7 Å². The first-order valence-corrected chi connectivity index (χ1v) is 12.4. The van der Waals surface area contributed by atoms with Crippen LogP contribution in [0.4, 0.5) is 0 Å². The fourth-order valence-electron chi connectivity index (χ4n) is 5.52. The fraction of sp³-hybridized carbons (Fsp3) is 0.692. The van der Waals surface area contributed by atoms with Crippen LogP contribution in [0, 0.1) is 0 Å². The molecule has 3 aliphatic rings. The first-order chi connectivity index (χ1) is 15.6. The number of epoxide rings is 1. The van der Waals surface area contributed by atoms with Gasteiger partial charge in [-0.25, -0.2) is 0 Å². The van der Waals surface area contributed by atoms with Crippen molar-refractivity contribution >= 4 is 28.7 Å². The van der Waals surface area contributed by atoms with Crippen LogP contribution in [-0.4, -0.2) is 65.3 Å². The van der Waals surface area contributed by atoms with Crippen LogP contribution in [0.25, 0.3) is 0 Å². The summed E-state index contributed by atoms with van der Waals surface area (Å²) in [6.07, 6.45) is 9.34. The fourth-order valence-corrected chi connectivity index (χ4v) is 5.52. The molecule has 0 saturated carbocycles. The number of unbranched alkanes of at least 4 members (excludes halogenated alkanes) is 5. The minimum Gasteiger partial charge on any atom is -0.462 e. The lowest BCUT2D eigenvalue weighted by molar-refractivity contribution is -0.157. The van der Waals surface area contributed by atoms with E-state index in [1.807, 2.05) is 30.3 Å². The van der Waals surface area contributed by atoms with Crippen molar-refractivity contribution in [3.05, 3.63) is 35.9 Å². The Balaban J connectivity index is 0.00000306. The van der Waals surface area contributed by atoms with Crippen LogP contribution >= 0.6 is 17.0 Å². The first-order valence-electron chi connectivity index (χ1n) is 12.4. The number of ketones is 1. The van der Waals surface area contributed by atoms with Crippen LogP contribution in [0.2, 0.25) is 0 Å². The number of carbonyl (C=O) groups is 2. The molecule has 0 radical (unpaired) electrons. The van der Waals surface area contributed by atoms with Gasteiger partial charge >= 0.3 is 5.97 Å². The molecule has 7 heteroatoms. The molecule has 1 N–H and O–H groups in total. The van der Waals surface area contributed by atoms with Gasteiger partial charge in [-0.15, -0.1) is 17.0 Å². The molecule has 2 bridgehead atoms. The number of benzene rings is 1. The molecule has 5 unspecified atom stereocenters. The highest BCUT2D eigenvalue weighted by atomic mass is 79.9. The lowest BCUT2D eigenvalue weighted by Gasteiger charge is -2.40. The van der Waals surface area contributed by atoms with E-state index >= 15 is 0 Å². The second-order valence-corrected chi connectivity index (χ2v) is 9.60. The van der Waals surface area contributed by atoms with Crippen LogP contribution in [0.15, 0.2) is 30.3 Å². The van der Waals surface area contributed by atoms with E-state index in [2.05, 4.69) is 11.8 Å². The maximum absolute atomic E-state index is 12.8. The predicted octanol–water partition coefficient (Wildman–Crippen LogP) is 4.19. The SMILES string of the molecule is Br.CCCCCCCCC(=O)CN1C2CC(OC(=O)C(CO)c3ccccc3)CC1C1OC12. The van der Waals surface area contributed by atoms with Gasteiger partial charge in [-0.05, 0) is 12.0 Å². The van der Waals surface area contributed by atoms with Crippen molar-refractivity contribution in [3.8, 4) is 0 Å². The summed E-state index contributed by atoms with van der Waals surface area (Å²) in [6.45, 7) is 2.44. The van der Waals surface area contributed by atoms with E-state index < -0.39 is 5.92 Å². The highest BCUT2D eigenvalue weighted by Crippen LogP contribution is 2.49.